The molecule has 1 heteroatoms. The van der Waals surface area contributed by atoms with Gasteiger partial charge in [0.15, 0.2) is 0 Å². The van der Waals surface area contributed by atoms with Gasteiger partial charge in [0.2, 0.25) is 0 Å². The number of benzene rings is 7. The number of rotatable bonds is 6. The van der Waals surface area contributed by atoms with E-state index >= 15 is 0 Å². The first-order chi connectivity index (χ1) is 26.7. The Kier molecular flexibility index (Phi) is 6.98. The van der Waals surface area contributed by atoms with Gasteiger partial charge >= 0.3 is 0 Å². The van der Waals surface area contributed by atoms with Crippen molar-refractivity contribution in [3.05, 3.63) is 179 Å². The highest BCUT2D eigenvalue weighted by atomic mass is 32.1. The lowest BCUT2D eigenvalue weighted by Gasteiger charge is -2.61. The molecule has 262 valence electrons. The first kappa shape index (κ1) is 31.4. The maximum atomic E-state index is 2.70. The third kappa shape index (κ3) is 4.61. The molecule has 0 radical (unpaired) electrons. The Bertz CT molecular complexity index is 2720. The lowest BCUT2D eigenvalue weighted by Crippen LogP contribution is -2.55. The van der Waals surface area contributed by atoms with Crippen LogP contribution in [-0.2, 0) is 11.8 Å². The topological polar surface area (TPSA) is 0 Å². The molecule has 8 aromatic rings. The third-order valence-electron chi connectivity index (χ3n) is 14.5. The predicted molar refractivity (Wildman–Crippen MR) is 229 cm³/mol. The second-order valence-electron chi connectivity index (χ2n) is 17.2. The van der Waals surface area contributed by atoms with Gasteiger partial charge in [-0.1, -0.05) is 146 Å². The van der Waals surface area contributed by atoms with E-state index in [1.807, 2.05) is 11.3 Å². The van der Waals surface area contributed by atoms with Crippen LogP contribution in [0.5, 0.6) is 0 Å². The molecule has 4 saturated carbocycles. The minimum absolute atomic E-state index is 0.222. The maximum absolute atomic E-state index is 2.70. The Balaban J connectivity index is 0.917. The zero-order valence-corrected chi connectivity index (χ0v) is 31.5. The van der Waals surface area contributed by atoms with Crippen LogP contribution in [0.4, 0.5) is 0 Å². The van der Waals surface area contributed by atoms with E-state index in [2.05, 4.69) is 152 Å². The summed E-state index contributed by atoms with van der Waals surface area (Å²) in [6, 6.07) is 58.5. The van der Waals surface area contributed by atoms with Gasteiger partial charge in [-0.05, 0) is 136 Å². The van der Waals surface area contributed by atoms with Gasteiger partial charge in [0.25, 0.3) is 0 Å². The highest BCUT2D eigenvalue weighted by Gasteiger charge is 2.61. The van der Waals surface area contributed by atoms with E-state index in [0.717, 1.165) is 36.5 Å². The standard InChI is InChI=1S/C53H44S/c1-2-9-39-32-40(23-18-36(39)8-1)43(37-19-21-38(22-20-37)44-12-7-13-48-47-11-4-6-15-51(47)54-52(44)48)24-16-33-17-25-46-45-10-3-5-14-49(45)53(50(46)31-33)41-27-34-26-35(29-41)30-42(53)28-34/h1-15,17-23,25,31-32,34-35,41-43H,16,24,26-30H2/t34?,35?,41?,42?,43-,53?/m1/s1. The lowest BCUT2D eigenvalue weighted by molar-refractivity contribution is -0.0399. The van der Waals surface area contributed by atoms with Crippen LogP contribution < -0.4 is 0 Å². The second kappa shape index (κ2) is 12.0. The van der Waals surface area contributed by atoms with Crippen LogP contribution in [0.2, 0.25) is 0 Å². The fourth-order valence-electron chi connectivity index (χ4n) is 12.5. The molecule has 1 aromatic heterocycles. The van der Waals surface area contributed by atoms with Crippen molar-refractivity contribution < 1.29 is 0 Å². The SMILES string of the molecule is c1ccc2c(c1)-c1ccc(CC[C@H](c3ccc(-c4cccc5c4sc4ccccc45)cc3)c3ccc4ccccc4c3)cc1C21C2CC3CC(C2)CC1C3. The Hall–Kier alpha value is -4.98. The Labute approximate surface area is 322 Å². The smallest absolute Gasteiger partial charge is 0.0433 e. The van der Waals surface area contributed by atoms with Crippen molar-refractivity contribution in [1.29, 1.82) is 0 Å². The molecule has 5 aliphatic rings. The summed E-state index contributed by atoms with van der Waals surface area (Å²) in [5.74, 6) is 3.83. The van der Waals surface area contributed by atoms with Gasteiger partial charge in [0.05, 0.1) is 0 Å². The first-order valence-corrected chi connectivity index (χ1v) is 21.2. The Morgan fingerprint density at radius 1 is 0.519 bits per heavy atom. The van der Waals surface area contributed by atoms with Crippen molar-refractivity contribution in [2.45, 2.75) is 56.3 Å². The lowest BCUT2D eigenvalue weighted by atomic mass is 9.43. The highest BCUT2D eigenvalue weighted by molar-refractivity contribution is 7.26. The minimum atomic E-state index is 0.222. The molecule has 1 heterocycles. The molecule has 4 fully saturated rings. The number of hydrogen-bond donors (Lipinski definition) is 0. The molecule has 1 atom stereocenters. The molecule has 7 aromatic carbocycles. The van der Waals surface area contributed by atoms with Crippen molar-refractivity contribution >= 4 is 42.3 Å². The minimum Gasteiger partial charge on any atom is -0.135 e. The van der Waals surface area contributed by atoms with Gasteiger partial charge in [-0.15, -0.1) is 11.3 Å². The van der Waals surface area contributed by atoms with E-state index in [4.69, 9.17) is 0 Å². The van der Waals surface area contributed by atoms with Gasteiger partial charge < -0.3 is 0 Å². The number of aryl methyl sites for hydroxylation is 1. The predicted octanol–water partition coefficient (Wildman–Crippen LogP) is 14.4. The van der Waals surface area contributed by atoms with Crippen molar-refractivity contribution in [1.82, 2.24) is 0 Å². The summed E-state index contributed by atoms with van der Waals surface area (Å²) in [5, 5.41) is 5.36. The molecule has 13 rings (SSSR count). The Morgan fingerprint density at radius 2 is 1.20 bits per heavy atom. The normalized spacial score (nSPS) is 24.1. The summed E-state index contributed by atoms with van der Waals surface area (Å²) in [5.41, 5.74) is 13.6. The summed E-state index contributed by atoms with van der Waals surface area (Å²) >= 11 is 1.92. The number of fused-ring (bicyclic) bond motifs is 7. The van der Waals surface area contributed by atoms with Crippen LogP contribution in [0.25, 0.3) is 53.2 Å². The van der Waals surface area contributed by atoms with E-state index in [1.165, 1.54) is 102 Å². The molecule has 0 nitrogen and oxygen atoms in total. The third-order valence-corrected chi connectivity index (χ3v) is 15.8. The van der Waals surface area contributed by atoms with E-state index in [1.54, 1.807) is 11.1 Å². The summed E-state index contributed by atoms with van der Waals surface area (Å²) < 4.78 is 2.74. The molecule has 54 heavy (non-hydrogen) atoms. The molecule has 5 aliphatic carbocycles. The number of thiophene rings is 1. The van der Waals surface area contributed by atoms with E-state index in [9.17, 15) is 0 Å². The molecular weight excluding hydrogens is 669 g/mol. The summed E-state index contributed by atoms with van der Waals surface area (Å²) in [6.45, 7) is 0. The van der Waals surface area contributed by atoms with Crippen molar-refractivity contribution in [3.8, 4) is 22.3 Å². The monoisotopic (exact) mass is 712 g/mol. The summed E-state index contributed by atoms with van der Waals surface area (Å²) in [6.07, 6.45) is 9.38. The molecular formula is C53H44S. The highest BCUT2D eigenvalue weighted by Crippen LogP contribution is 2.69. The zero-order chi connectivity index (χ0) is 35.4. The molecule has 0 saturated heterocycles. The van der Waals surface area contributed by atoms with E-state index in [-0.39, 0.29) is 5.41 Å². The van der Waals surface area contributed by atoms with Gasteiger partial charge in [-0.25, -0.2) is 0 Å². The second-order valence-corrected chi connectivity index (χ2v) is 18.3. The fraction of sp³-hybridized carbons (Fsp3) is 0.245. The van der Waals surface area contributed by atoms with Crippen LogP contribution in [-0.4, -0.2) is 0 Å². The largest absolute Gasteiger partial charge is 0.135 e. The first-order valence-electron chi connectivity index (χ1n) is 20.4. The maximum Gasteiger partial charge on any atom is 0.0433 e. The molecule has 0 amide bonds. The van der Waals surface area contributed by atoms with Gasteiger partial charge in [-0.3, -0.25) is 0 Å². The quantitative estimate of drug-likeness (QED) is 0.161. The molecule has 1 spiro atoms. The van der Waals surface area contributed by atoms with Gasteiger partial charge in [-0.2, -0.15) is 0 Å². The van der Waals surface area contributed by atoms with Crippen LogP contribution in [0.15, 0.2) is 152 Å². The van der Waals surface area contributed by atoms with Crippen LogP contribution >= 0.6 is 11.3 Å². The van der Waals surface area contributed by atoms with Crippen molar-refractivity contribution in [2.75, 3.05) is 0 Å². The molecule has 4 bridgehead atoms. The van der Waals surface area contributed by atoms with Crippen molar-refractivity contribution in [2.24, 2.45) is 23.7 Å². The average molecular weight is 713 g/mol. The van der Waals surface area contributed by atoms with Crippen molar-refractivity contribution in [3.63, 3.8) is 0 Å². The molecule has 0 unspecified atom stereocenters. The van der Waals surface area contributed by atoms with E-state index < -0.39 is 0 Å². The van der Waals surface area contributed by atoms with Gasteiger partial charge in [0, 0.05) is 31.5 Å². The Morgan fingerprint density at radius 3 is 2.06 bits per heavy atom. The van der Waals surface area contributed by atoms with Gasteiger partial charge in [0.1, 0.15) is 0 Å². The summed E-state index contributed by atoms with van der Waals surface area (Å²) in [7, 11) is 0. The number of hydrogen-bond acceptors (Lipinski definition) is 1. The zero-order valence-electron chi connectivity index (χ0n) is 30.7. The van der Waals surface area contributed by atoms with Crippen LogP contribution in [0.3, 0.4) is 0 Å². The molecule has 0 N–H and O–H groups in total. The average Bonchev–Trinajstić information content (AvgIpc) is 3.74. The van der Waals surface area contributed by atoms with Crippen LogP contribution in [0.1, 0.15) is 72.3 Å². The molecule has 0 aliphatic heterocycles. The van der Waals surface area contributed by atoms with Crippen LogP contribution in [0, 0.1) is 23.7 Å². The van der Waals surface area contributed by atoms with E-state index in [0.29, 0.717) is 5.92 Å². The fourth-order valence-corrected chi connectivity index (χ4v) is 13.7. The summed E-state index contributed by atoms with van der Waals surface area (Å²) in [4.78, 5) is 0.